The van der Waals surface area contributed by atoms with Crippen molar-refractivity contribution in [1.82, 2.24) is 5.32 Å². The fraction of sp³-hybridized carbons (Fsp3) is 0.667. The van der Waals surface area contributed by atoms with E-state index in [2.05, 4.69) is 19.2 Å². The van der Waals surface area contributed by atoms with Crippen LogP contribution in [0.15, 0.2) is 12.2 Å². The Morgan fingerprint density at radius 1 is 1.36 bits per heavy atom. The standard InChI is InChI=1S/C9H17NO/c1-5-6-9(11)10-8(4)7(2)3/h5-8H,1-4H3,(H,10,11). The van der Waals surface area contributed by atoms with Gasteiger partial charge in [0.05, 0.1) is 0 Å². The van der Waals surface area contributed by atoms with E-state index in [4.69, 9.17) is 0 Å². The Kier molecular flexibility index (Phi) is 4.59. The highest BCUT2D eigenvalue weighted by molar-refractivity contribution is 5.87. The molecule has 0 aliphatic heterocycles. The van der Waals surface area contributed by atoms with Crippen molar-refractivity contribution in [2.24, 2.45) is 5.92 Å². The molecule has 0 saturated carbocycles. The van der Waals surface area contributed by atoms with Crippen LogP contribution in [0, 0.1) is 5.92 Å². The first-order valence-corrected chi connectivity index (χ1v) is 4.01. The van der Waals surface area contributed by atoms with Crippen LogP contribution in [0.25, 0.3) is 0 Å². The third-order valence-corrected chi connectivity index (χ3v) is 1.69. The highest BCUT2D eigenvalue weighted by Crippen LogP contribution is 1.98. The monoisotopic (exact) mass is 155 g/mol. The van der Waals surface area contributed by atoms with Gasteiger partial charge in [-0.1, -0.05) is 19.9 Å². The first-order valence-electron chi connectivity index (χ1n) is 4.01. The lowest BCUT2D eigenvalue weighted by Crippen LogP contribution is -2.34. The molecule has 0 fully saturated rings. The number of amides is 1. The van der Waals surface area contributed by atoms with Gasteiger partial charge in [0.1, 0.15) is 0 Å². The van der Waals surface area contributed by atoms with Gasteiger partial charge in [0.15, 0.2) is 0 Å². The molecule has 0 aromatic carbocycles. The van der Waals surface area contributed by atoms with Gasteiger partial charge in [-0.05, 0) is 25.8 Å². The van der Waals surface area contributed by atoms with Crippen molar-refractivity contribution in [3.63, 3.8) is 0 Å². The van der Waals surface area contributed by atoms with Gasteiger partial charge in [0.2, 0.25) is 5.91 Å². The van der Waals surface area contributed by atoms with Crippen LogP contribution in [0.3, 0.4) is 0 Å². The van der Waals surface area contributed by atoms with Crippen LogP contribution in [-0.2, 0) is 4.79 Å². The third-order valence-electron chi connectivity index (χ3n) is 1.69. The average molecular weight is 155 g/mol. The number of hydrogen-bond donors (Lipinski definition) is 1. The Morgan fingerprint density at radius 3 is 2.27 bits per heavy atom. The van der Waals surface area contributed by atoms with Crippen molar-refractivity contribution in [2.45, 2.75) is 33.7 Å². The van der Waals surface area contributed by atoms with E-state index in [1.165, 1.54) is 0 Å². The lowest BCUT2D eigenvalue weighted by atomic mass is 10.1. The smallest absolute Gasteiger partial charge is 0.243 e. The minimum atomic E-state index is -0.00583. The molecule has 0 aromatic rings. The van der Waals surface area contributed by atoms with Crippen molar-refractivity contribution >= 4 is 5.91 Å². The summed E-state index contributed by atoms with van der Waals surface area (Å²) in [5, 5.41) is 2.85. The number of hydrogen-bond acceptors (Lipinski definition) is 1. The van der Waals surface area contributed by atoms with E-state index in [0.29, 0.717) is 5.92 Å². The van der Waals surface area contributed by atoms with Gasteiger partial charge in [-0.25, -0.2) is 0 Å². The van der Waals surface area contributed by atoms with Crippen molar-refractivity contribution in [2.75, 3.05) is 0 Å². The normalized spacial score (nSPS) is 13.9. The second kappa shape index (κ2) is 4.94. The summed E-state index contributed by atoms with van der Waals surface area (Å²) < 4.78 is 0. The van der Waals surface area contributed by atoms with E-state index >= 15 is 0 Å². The molecule has 1 unspecified atom stereocenters. The summed E-state index contributed by atoms with van der Waals surface area (Å²) >= 11 is 0. The highest BCUT2D eigenvalue weighted by atomic mass is 16.1. The molecule has 0 spiro atoms. The Balaban J connectivity index is 3.75. The summed E-state index contributed by atoms with van der Waals surface area (Å²) in [7, 11) is 0. The van der Waals surface area contributed by atoms with E-state index in [9.17, 15) is 4.79 Å². The second-order valence-corrected chi connectivity index (χ2v) is 3.04. The molecule has 1 N–H and O–H groups in total. The van der Waals surface area contributed by atoms with Crippen LogP contribution in [0.2, 0.25) is 0 Å². The molecule has 0 aromatic heterocycles. The predicted molar refractivity (Wildman–Crippen MR) is 47.3 cm³/mol. The fourth-order valence-corrected chi connectivity index (χ4v) is 0.591. The van der Waals surface area contributed by atoms with Crippen LogP contribution in [0.1, 0.15) is 27.7 Å². The molecule has 0 saturated heterocycles. The third kappa shape index (κ3) is 4.59. The Bertz CT molecular complexity index is 150. The van der Waals surface area contributed by atoms with Crippen molar-refractivity contribution in [1.29, 1.82) is 0 Å². The zero-order valence-electron chi connectivity index (χ0n) is 7.72. The van der Waals surface area contributed by atoms with Gasteiger partial charge in [-0.2, -0.15) is 0 Å². The largest absolute Gasteiger partial charge is 0.350 e. The second-order valence-electron chi connectivity index (χ2n) is 3.04. The maximum Gasteiger partial charge on any atom is 0.243 e. The molecule has 0 aliphatic rings. The van der Waals surface area contributed by atoms with E-state index in [1.807, 2.05) is 13.8 Å². The molecule has 0 radical (unpaired) electrons. The number of carbonyl (C=O) groups is 1. The first kappa shape index (κ1) is 10.2. The molecular weight excluding hydrogens is 138 g/mol. The zero-order valence-corrected chi connectivity index (χ0v) is 7.72. The summed E-state index contributed by atoms with van der Waals surface area (Å²) in [4.78, 5) is 11.0. The van der Waals surface area contributed by atoms with E-state index < -0.39 is 0 Å². The summed E-state index contributed by atoms with van der Waals surface area (Å²) in [6.45, 7) is 8.01. The molecule has 0 bridgehead atoms. The van der Waals surface area contributed by atoms with Crippen molar-refractivity contribution in [3.05, 3.63) is 12.2 Å². The molecule has 0 heterocycles. The molecule has 1 atom stereocenters. The van der Waals surface area contributed by atoms with Crippen LogP contribution < -0.4 is 5.32 Å². The topological polar surface area (TPSA) is 29.1 Å². The van der Waals surface area contributed by atoms with Gasteiger partial charge in [-0.3, -0.25) is 4.79 Å². The lowest BCUT2D eigenvalue weighted by Gasteiger charge is -2.15. The van der Waals surface area contributed by atoms with E-state index in [-0.39, 0.29) is 11.9 Å². The summed E-state index contributed by atoms with van der Waals surface area (Å²) in [5.74, 6) is 0.484. The molecule has 1 amide bonds. The molecule has 64 valence electrons. The van der Waals surface area contributed by atoms with Crippen LogP contribution in [0.5, 0.6) is 0 Å². The van der Waals surface area contributed by atoms with Crippen LogP contribution in [-0.4, -0.2) is 11.9 Å². The fourth-order valence-electron chi connectivity index (χ4n) is 0.591. The highest BCUT2D eigenvalue weighted by Gasteiger charge is 2.07. The minimum Gasteiger partial charge on any atom is -0.350 e. The van der Waals surface area contributed by atoms with Crippen molar-refractivity contribution < 1.29 is 4.79 Å². The number of nitrogens with one attached hydrogen (secondary N) is 1. The number of carbonyl (C=O) groups excluding carboxylic acids is 1. The summed E-state index contributed by atoms with van der Waals surface area (Å²) in [5.41, 5.74) is 0. The summed E-state index contributed by atoms with van der Waals surface area (Å²) in [6.07, 6.45) is 3.28. The predicted octanol–water partition coefficient (Wildman–Crippen LogP) is 1.72. The molecule has 2 nitrogen and oxygen atoms in total. The molecule has 0 aliphatic carbocycles. The molecule has 0 rings (SSSR count). The average Bonchev–Trinajstić information content (AvgIpc) is 1.87. The van der Waals surface area contributed by atoms with Gasteiger partial charge in [-0.15, -0.1) is 0 Å². The lowest BCUT2D eigenvalue weighted by molar-refractivity contribution is -0.117. The molecular formula is C9H17NO. The Morgan fingerprint density at radius 2 is 1.91 bits per heavy atom. The van der Waals surface area contributed by atoms with Crippen LogP contribution in [0.4, 0.5) is 0 Å². The minimum absolute atomic E-state index is 0.00583. The van der Waals surface area contributed by atoms with Gasteiger partial charge >= 0.3 is 0 Å². The Hall–Kier alpha value is -0.790. The summed E-state index contributed by atoms with van der Waals surface area (Å²) in [6, 6.07) is 0.249. The maximum atomic E-state index is 11.0. The molecule has 2 heteroatoms. The van der Waals surface area contributed by atoms with Gasteiger partial charge in [0, 0.05) is 6.04 Å². The van der Waals surface area contributed by atoms with Crippen molar-refractivity contribution in [3.8, 4) is 0 Å². The van der Waals surface area contributed by atoms with Crippen LogP contribution >= 0.6 is 0 Å². The quantitative estimate of drug-likeness (QED) is 0.618. The maximum absolute atomic E-state index is 11.0. The first-order chi connectivity index (χ1) is 5.07. The number of rotatable bonds is 3. The van der Waals surface area contributed by atoms with E-state index in [0.717, 1.165) is 0 Å². The van der Waals surface area contributed by atoms with Gasteiger partial charge in [0.25, 0.3) is 0 Å². The number of allylic oxidation sites excluding steroid dienone is 1. The SMILES string of the molecule is CC=CC(=O)NC(C)C(C)C. The van der Waals surface area contributed by atoms with Gasteiger partial charge < -0.3 is 5.32 Å². The Labute approximate surface area is 68.7 Å². The zero-order chi connectivity index (χ0) is 8.85. The van der Waals surface area contributed by atoms with E-state index in [1.54, 1.807) is 12.2 Å². The molecule has 11 heavy (non-hydrogen) atoms.